The van der Waals surface area contributed by atoms with Crippen molar-refractivity contribution in [2.75, 3.05) is 18.6 Å². The van der Waals surface area contributed by atoms with Gasteiger partial charge in [-0.25, -0.2) is 8.78 Å². The van der Waals surface area contributed by atoms with Crippen LogP contribution >= 0.6 is 0 Å². The van der Waals surface area contributed by atoms with Crippen LogP contribution in [0.15, 0.2) is 42.5 Å². The second kappa shape index (κ2) is 8.52. The summed E-state index contributed by atoms with van der Waals surface area (Å²) in [4.78, 5) is 13.1. The van der Waals surface area contributed by atoms with Crippen LogP contribution in [-0.4, -0.2) is 36.3 Å². The topological polar surface area (TPSA) is 58.2 Å². The maximum absolute atomic E-state index is 13.6. The van der Waals surface area contributed by atoms with Crippen LogP contribution in [0.25, 0.3) is 11.3 Å². The Balaban J connectivity index is 1.98. The minimum Gasteiger partial charge on any atom is -0.483 e. The zero-order chi connectivity index (χ0) is 21.9. The number of carbonyl (C=O) groups is 1. The van der Waals surface area contributed by atoms with Gasteiger partial charge in [-0.1, -0.05) is 0 Å². The van der Waals surface area contributed by atoms with E-state index in [-0.39, 0.29) is 29.2 Å². The summed E-state index contributed by atoms with van der Waals surface area (Å²) in [6.07, 6.45) is -4.10. The van der Waals surface area contributed by atoms with E-state index in [4.69, 9.17) is 4.74 Å². The number of aromatic nitrogens is 2. The number of benzene rings is 2. The number of hydrogen-bond donors (Lipinski definition) is 1. The van der Waals surface area contributed by atoms with Gasteiger partial charge in [0.2, 0.25) is 0 Å². The molecular weight excluding hydrogens is 409 g/mol. The van der Waals surface area contributed by atoms with Crippen molar-refractivity contribution in [3.8, 4) is 17.0 Å². The Labute approximate surface area is 168 Å². The van der Waals surface area contributed by atoms with E-state index in [0.29, 0.717) is 17.5 Å². The Kier molecular flexibility index (Phi) is 6.04. The fraction of sp³-hybridized carbons (Fsp3) is 0.200. The van der Waals surface area contributed by atoms with Crippen LogP contribution in [-0.2, 0) is 6.54 Å². The molecule has 2 aromatic carbocycles. The van der Waals surface area contributed by atoms with Crippen molar-refractivity contribution in [3.05, 3.63) is 65.4 Å². The van der Waals surface area contributed by atoms with Crippen molar-refractivity contribution in [1.29, 1.82) is 0 Å². The highest BCUT2D eigenvalue weighted by molar-refractivity contribution is 5.81. The summed E-state index contributed by atoms with van der Waals surface area (Å²) in [7, 11) is 1.68. The number of carbonyl (C=O) groups excluding carboxylic acids is 1. The van der Waals surface area contributed by atoms with Crippen LogP contribution in [0.2, 0.25) is 0 Å². The van der Waals surface area contributed by atoms with Crippen molar-refractivity contribution >= 4 is 12.0 Å². The van der Waals surface area contributed by atoms with Gasteiger partial charge >= 0.3 is 6.18 Å². The monoisotopic (exact) mass is 425 g/mol. The molecule has 0 amide bonds. The summed E-state index contributed by atoms with van der Waals surface area (Å²) >= 11 is 0. The third-order valence-electron chi connectivity index (χ3n) is 4.27. The molecule has 30 heavy (non-hydrogen) atoms. The Morgan fingerprint density at radius 3 is 2.40 bits per heavy atom. The minimum atomic E-state index is -4.62. The van der Waals surface area contributed by atoms with Gasteiger partial charge < -0.3 is 9.64 Å². The third-order valence-corrected chi connectivity index (χ3v) is 4.27. The summed E-state index contributed by atoms with van der Waals surface area (Å²) in [5, 5.41) is 6.55. The van der Waals surface area contributed by atoms with Gasteiger partial charge in [0, 0.05) is 36.5 Å². The molecule has 1 aromatic heterocycles. The number of alkyl halides is 3. The second-order valence-electron chi connectivity index (χ2n) is 6.46. The second-order valence-corrected chi connectivity index (χ2v) is 6.46. The lowest BCUT2D eigenvalue weighted by Gasteiger charge is -2.20. The summed E-state index contributed by atoms with van der Waals surface area (Å²) in [6.45, 7) is -1.50. The molecule has 3 aromatic rings. The van der Waals surface area contributed by atoms with Crippen LogP contribution in [0, 0.1) is 11.6 Å². The van der Waals surface area contributed by atoms with Crippen molar-refractivity contribution in [3.63, 3.8) is 0 Å². The minimum absolute atomic E-state index is 0.0903. The molecule has 0 aliphatic rings. The maximum Gasteiger partial charge on any atom is 0.422 e. The number of rotatable bonds is 7. The zero-order valence-corrected chi connectivity index (χ0v) is 15.6. The summed E-state index contributed by atoms with van der Waals surface area (Å²) in [6, 6.07) is 8.71. The summed E-state index contributed by atoms with van der Waals surface area (Å²) in [5.74, 6) is -1.56. The first-order valence-corrected chi connectivity index (χ1v) is 8.66. The highest BCUT2D eigenvalue weighted by atomic mass is 19.4. The highest BCUT2D eigenvalue weighted by Crippen LogP contribution is 2.34. The first-order valence-electron chi connectivity index (χ1n) is 8.66. The average Bonchev–Trinajstić information content (AvgIpc) is 3.08. The lowest BCUT2D eigenvalue weighted by atomic mass is 10.0. The van der Waals surface area contributed by atoms with E-state index in [1.807, 2.05) is 0 Å². The molecule has 3 rings (SSSR count). The maximum atomic E-state index is 13.6. The van der Waals surface area contributed by atoms with Crippen LogP contribution in [0.3, 0.4) is 0 Å². The smallest absolute Gasteiger partial charge is 0.422 e. The summed E-state index contributed by atoms with van der Waals surface area (Å²) in [5.41, 5.74) is 1.33. The van der Waals surface area contributed by atoms with Crippen LogP contribution in [0.1, 0.15) is 16.1 Å². The van der Waals surface area contributed by atoms with E-state index in [1.54, 1.807) is 11.9 Å². The van der Waals surface area contributed by atoms with E-state index < -0.39 is 24.4 Å². The molecule has 5 nitrogen and oxygen atoms in total. The zero-order valence-electron chi connectivity index (χ0n) is 15.6. The SMILES string of the molecule is CN(Cc1c(-c2ccc(F)cc2OCC(F)(F)F)n[nH]c1C=O)c1ccc(F)cc1. The van der Waals surface area contributed by atoms with Gasteiger partial charge in [0.25, 0.3) is 0 Å². The molecule has 0 radical (unpaired) electrons. The normalized spacial score (nSPS) is 11.4. The Morgan fingerprint density at radius 1 is 1.10 bits per heavy atom. The number of aromatic amines is 1. The number of ether oxygens (including phenoxy) is 1. The molecule has 0 aliphatic heterocycles. The van der Waals surface area contributed by atoms with Crippen molar-refractivity contribution in [2.45, 2.75) is 12.7 Å². The molecule has 158 valence electrons. The predicted octanol–water partition coefficient (Wildman–Crippen LogP) is 4.74. The van der Waals surface area contributed by atoms with E-state index in [0.717, 1.165) is 12.1 Å². The van der Waals surface area contributed by atoms with E-state index in [1.165, 1.54) is 30.3 Å². The molecule has 1 N–H and O–H groups in total. The van der Waals surface area contributed by atoms with Crippen LogP contribution < -0.4 is 9.64 Å². The standard InChI is InChI=1S/C20H16F5N3O2/c1-28(14-5-2-12(21)3-6-14)9-16-17(10-29)26-27-19(16)15-7-4-13(22)8-18(15)30-11-20(23,24)25/h2-8,10H,9,11H2,1H3,(H,26,27). The Bertz CT molecular complexity index is 1030. The quantitative estimate of drug-likeness (QED) is 0.439. The van der Waals surface area contributed by atoms with E-state index in [2.05, 4.69) is 10.2 Å². The molecule has 1 heterocycles. The summed E-state index contributed by atoms with van der Waals surface area (Å²) < 4.78 is 69.3. The van der Waals surface area contributed by atoms with E-state index in [9.17, 15) is 26.7 Å². The Hall–Kier alpha value is -3.43. The fourth-order valence-electron chi connectivity index (χ4n) is 2.85. The molecule has 0 bridgehead atoms. The molecule has 0 unspecified atom stereocenters. The van der Waals surface area contributed by atoms with Crippen molar-refractivity contribution in [1.82, 2.24) is 10.2 Å². The number of aldehydes is 1. The predicted molar refractivity (Wildman–Crippen MR) is 99.4 cm³/mol. The number of halogens is 5. The third kappa shape index (κ3) is 4.94. The number of hydrogen-bond acceptors (Lipinski definition) is 4. The first kappa shape index (κ1) is 21.3. The van der Waals surface area contributed by atoms with Gasteiger partial charge in [-0.05, 0) is 36.4 Å². The number of H-pyrrole nitrogens is 1. The van der Waals surface area contributed by atoms with Crippen LogP contribution in [0.4, 0.5) is 27.6 Å². The van der Waals surface area contributed by atoms with Crippen molar-refractivity contribution in [2.24, 2.45) is 0 Å². The first-order chi connectivity index (χ1) is 14.2. The van der Waals surface area contributed by atoms with Gasteiger partial charge in [-0.15, -0.1) is 0 Å². The molecule has 0 fully saturated rings. The number of nitrogens with one attached hydrogen (secondary N) is 1. The fourth-order valence-corrected chi connectivity index (χ4v) is 2.85. The lowest BCUT2D eigenvalue weighted by Crippen LogP contribution is -2.20. The van der Waals surface area contributed by atoms with Gasteiger partial charge in [0.1, 0.15) is 28.8 Å². The largest absolute Gasteiger partial charge is 0.483 e. The molecule has 0 saturated carbocycles. The average molecular weight is 425 g/mol. The van der Waals surface area contributed by atoms with E-state index >= 15 is 0 Å². The molecule has 0 atom stereocenters. The molecule has 0 saturated heterocycles. The number of nitrogens with zero attached hydrogens (tertiary/aromatic N) is 2. The van der Waals surface area contributed by atoms with Gasteiger partial charge in [-0.3, -0.25) is 9.89 Å². The highest BCUT2D eigenvalue weighted by Gasteiger charge is 2.29. The van der Waals surface area contributed by atoms with Crippen molar-refractivity contribution < 1.29 is 31.5 Å². The number of anilines is 1. The molecule has 0 aliphatic carbocycles. The molecular formula is C20H16F5N3O2. The lowest BCUT2D eigenvalue weighted by molar-refractivity contribution is -0.153. The van der Waals surface area contributed by atoms with Gasteiger partial charge in [-0.2, -0.15) is 18.3 Å². The molecule has 10 heteroatoms. The van der Waals surface area contributed by atoms with Crippen LogP contribution in [0.5, 0.6) is 5.75 Å². The van der Waals surface area contributed by atoms with Gasteiger partial charge in [0.15, 0.2) is 12.9 Å². The van der Waals surface area contributed by atoms with Gasteiger partial charge in [0.05, 0.1) is 0 Å². The molecule has 0 spiro atoms. The Morgan fingerprint density at radius 2 is 1.77 bits per heavy atom.